The molecule has 0 aromatic carbocycles. The summed E-state index contributed by atoms with van der Waals surface area (Å²) in [5.74, 6) is -1.93. The Kier molecular flexibility index (Phi) is 2.50. The molecule has 1 rings (SSSR count). The van der Waals surface area contributed by atoms with Crippen LogP contribution in [0.25, 0.3) is 0 Å². The van der Waals surface area contributed by atoms with E-state index < -0.39 is 23.7 Å². The molecule has 1 heterocycles. The van der Waals surface area contributed by atoms with Gasteiger partial charge in [-0.2, -0.15) is 4.39 Å². The average Bonchev–Trinajstić information content (AvgIpc) is 2.04. The molecule has 78 valence electrons. The molecule has 1 aromatic rings. The van der Waals surface area contributed by atoms with Crippen molar-refractivity contribution in [3.05, 3.63) is 17.7 Å². The van der Waals surface area contributed by atoms with Crippen LogP contribution in [0.15, 0.2) is 6.20 Å². The predicted octanol–water partition coefficient (Wildman–Crippen LogP) is 2.01. The standard InChI is InChI=1S/C7H6F4N2O/c1-3-2-13-6(8)4(12)5(3)14-7(9,10)11/h2H,12H2,1H3. The van der Waals surface area contributed by atoms with E-state index in [1.54, 1.807) is 0 Å². The third-order valence-corrected chi connectivity index (χ3v) is 1.41. The number of hydrogen-bond donors (Lipinski definition) is 1. The molecule has 0 unspecified atom stereocenters. The van der Waals surface area contributed by atoms with Crippen LogP contribution >= 0.6 is 0 Å². The highest BCUT2D eigenvalue weighted by molar-refractivity contribution is 5.55. The van der Waals surface area contributed by atoms with Crippen molar-refractivity contribution in [1.29, 1.82) is 0 Å². The third kappa shape index (κ3) is 2.24. The van der Waals surface area contributed by atoms with E-state index in [9.17, 15) is 17.6 Å². The Morgan fingerprint density at radius 3 is 2.50 bits per heavy atom. The van der Waals surface area contributed by atoms with Crippen LogP contribution in [0.1, 0.15) is 5.56 Å². The van der Waals surface area contributed by atoms with Gasteiger partial charge in [0.25, 0.3) is 0 Å². The Bertz CT molecular complexity index is 350. The third-order valence-electron chi connectivity index (χ3n) is 1.41. The predicted molar refractivity (Wildman–Crippen MR) is 40.0 cm³/mol. The molecule has 0 atom stereocenters. The molecule has 7 heteroatoms. The Labute approximate surface area is 76.5 Å². The zero-order valence-corrected chi connectivity index (χ0v) is 7.02. The molecule has 3 nitrogen and oxygen atoms in total. The van der Waals surface area contributed by atoms with Crippen LogP contribution in [0.5, 0.6) is 5.75 Å². The summed E-state index contributed by atoms with van der Waals surface area (Å²) in [6.45, 7) is 1.28. The number of ether oxygens (including phenoxy) is 1. The summed E-state index contributed by atoms with van der Waals surface area (Å²) in [5.41, 5.74) is 4.30. The van der Waals surface area contributed by atoms with Crippen LogP contribution in [0.2, 0.25) is 0 Å². The number of nitrogen functional groups attached to an aromatic ring is 1. The van der Waals surface area contributed by atoms with Gasteiger partial charge in [-0.1, -0.05) is 0 Å². The van der Waals surface area contributed by atoms with Gasteiger partial charge in [0.2, 0.25) is 5.95 Å². The van der Waals surface area contributed by atoms with Gasteiger partial charge in [0, 0.05) is 11.8 Å². The first-order valence-corrected chi connectivity index (χ1v) is 3.47. The minimum Gasteiger partial charge on any atom is -0.403 e. The summed E-state index contributed by atoms with van der Waals surface area (Å²) in [6.07, 6.45) is -3.99. The van der Waals surface area contributed by atoms with E-state index in [0.717, 1.165) is 6.20 Å². The van der Waals surface area contributed by atoms with Gasteiger partial charge in [0.1, 0.15) is 5.69 Å². The highest BCUT2D eigenvalue weighted by Gasteiger charge is 2.33. The number of aryl methyl sites for hydroxylation is 1. The van der Waals surface area contributed by atoms with Crippen molar-refractivity contribution >= 4 is 5.69 Å². The molecule has 0 bridgehead atoms. The number of halogens is 4. The van der Waals surface area contributed by atoms with Crippen molar-refractivity contribution in [3.8, 4) is 5.75 Å². The van der Waals surface area contributed by atoms with Crippen molar-refractivity contribution < 1.29 is 22.3 Å². The summed E-state index contributed by atoms with van der Waals surface area (Å²) < 4.78 is 51.6. The van der Waals surface area contributed by atoms with E-state index in [-0.39, 0.29) is 5.56 Å². The minimum atomic E-state index is -4.90. The second-order valence-corrected chi connectivity index (χ2v) is 2.52. The summed E-state index contributed by atoms with van der Waals surface area (Å²) in [6, 6.07) is 0. The molecule has 14 heavy (non-hydrogen) atoms. The normalized spacial score (nSPS) is 11.5. The van der Waals surface area contributed by atoms with Gasteiger partial charge in [-0.3, -0.25) is 0 Å². The molecule has 0 fully saturated rings. The maximum Gasteiger partial charge on any atom is 0.573 e. The first-order chi connectivity index (χ1) is 6.31. The number of alkyl halides is 3. The molecule has 0 saturated carbocycles. The lowest BCUT2D eigenvalue weighted by Crippen LogP contribution is -2.19. The van der Waals surface area contributed by atoms with E-state index in [1.807, 2.05) is 0 Å². The van der Waals surface area contributed by atoms with Crippen LogP contribution < -0.4 is 10.5 Å². The molecule has 0 aliphatic rings. The zero-order valence-electron chi connectivity index (χ0n) is 7.02. The number of nitrogens with two attached hydrogens (primary N) is 1. The quantitative estimate of drug-likeness (QED) is 0.569. The monoisotopic (exact) mass is 210 g/mol. The van der Waals surface area contributed by atoms with Gasteiger partial charge in [0.05, 0.1) is 0 Å². The Morgan fingerprint density at radius 2 is 2.00 bits per heavy atom. The van der Waals surface area contributed by atoms with Crippen LogP contribution in [-0.2, 0) is 0 Å². The van der Waals surface area contributed by atoms with Crippen LogP contribution in [0, 0.1) is 12.9 Å². The van der Waals surface area contributed by atoms with Crippen LogP contribution in [0.3, 0.4) is 0 Å². The van der Waals surface area contributed by atoms with Crippen LogP contribution in [0.4, 0.5) is 23.2 Å². The van der Waals surface area contributed by atoms with E-state index in [0.29, 0.717) is 0 Å². The van der Waals surface area contributed by atoms with E-state index >= 15 is 0 Å². The van der Waals surface area contributed by atoms with Gasteiger partial charge < -0.3 is 10.5 Å². The fourth-order valence-corrected chi connectivity index (χ4v) is 0.839. The summed E-state index contributed by atoms with van der Waals surface area (Å²) in [7, 11) is 0. The van der Waals surface area contributed by atoms with Gasteiger partial charge in [-0.05, 0) is 6.92 Å². The number of hydrogen-bond acceptors (Lipinski definition) is 3. The van der Waals surface area contributed by atoms with E-state index in [2.05, 4.69) is 9.72 Å². The van der Waals surface area contributed by atoms with Gasteiger partial charge in [-0.15, -0.1) is 13.2 Å². The average molecular weight is 210 g/mol. The lowest BCUT2D eigenvalue weighted by Gasteiger charge is -2.12. The molecule has 2 N–H and O–H groups in total. The Hall–Kier alpha value is -1.53. The molecule has 0 saturated heterocycles. The molecular weight excluding hydrogens is 204 g/mol. The van der Waals surface area contributed by atoms with E-state index in [1.165, 1.54) is 6.92 Å². The second-order valence-electron chi connectivity index (χ2n) is 2.52. The first-order valence-electron chi connectivity index (χ1n) is 3.47. The van der Waals surface area contributed by atoms with Gasteiger partial charge >= 0.3 is 6.36 Å². The smallest absolute Gasteiger partial charge is 0.403 e. The summed E-state index contributed by atoms with van der Waals surface area (Å²) >= 11 is 0. The maximum atomic E-state index is 12.7. The number of rotatable bonds is 1. The summed E-state index contributed by atoms with van der Waals surface area (Å²) in [5, 5.41) is 0. The number of nitrogens with zero attached hydrogens (tertiary/aromatic N) is 1. The van der Waals surface area contributed by atoms with Crippen molar-refractivity contribution in [3.63, 3.8) is 0 Å². The molecule has 0 aliphatic carbocycles. The fourth-order valence-electron chi connectivity index (χ4n) is 0.839. The molecule has 0 aliphatic heterocycles. The minimum absolute atomic E-state index is 0.0150. The second kappa shape index (κ2) is 3.32. The Morgan fingerprint density at radius 1 is 1.43 bits per heavy atom. The molecular formula is C7H6F4N2O. The van der Waals surface area contributed by atoms with Crippen molar-refractivity contribution in [2.24, 2.45) is 0 Å². The summed E-state index contributed by atoms with van der Waals surface area (Å²) in [4.78, 5) is 3.13. The zero-order chi connectivity index (χ0) is 10.9. The Balaban J connectivity index is 3.13. The molecule has 1 aromatic heterocycles. The molecule has 0 radical (unpaired) electrons. The maximum absolute atomic E-state index is 12.7. The van der Waals surface area contributed by atoms with Crippen molar-refractivity contribution in [2.45, 2.75) is 13.3 Å². The largest absolute Gasteiger partial charge is 0.573 e. The van der Waals surface area contributed by atoms with Gasteiger partial charge in [-0.25, -0.2) is 4.98 Å². The highest BCUT2D eigenvalue weighted by Crippen LogP contribution is 2.31. The highest BCUT2D eigenvalue weighted by atomic mass is 19.4. The van der Waals surface area contributed by atoms with E-state index in [4.69, 9.17) is 5.73 Å². The van der Waals surface area contributed by atoms with Crippen molar-refractivity contribution in [1.82, 2.24) is 4.98 Å². The fraction of sp³-hybridized carbons (Fsp3) is 0.286. The van der Waals surface area contributed by atoms with Crippen molar-refractivity contribution in [2.75, 3.05) is 5.73 Å². The number of pyridine rings is 1. The number of aromatic nitrogens is 1. The topological polar surface area (TPSA) is 48.1 Å². The van der Waals surface area contributed by atoms with Gasteiger partial charge in [0.15, 0.2) is 5.75 Å². The lowest BCUT2D eigenvalue weighted by atomic mass is 10.2. The van der Waals surface area contributed by atoms with Crippen LogP contribution in [-0.4, -0.2) is 11.3 Å². The lowest BCUT2D eigenvalue weighted by molar-refractivity contribution is -0.274. The SMILES string of the molecule is Cc1cnc(F)c(N)c1OC(F)(F)F. The first kappa shape index (κ1) is 10.6. The molecule has 0 amide bonds. The number of anilines is 1. The molecule has 0 spiro atoms.